The number of alkyl carbamates (subject to hydrolysis) is 1. The molecule has 0 bridgehead atoms. The van der Waals surface area contributed by atoms with E-state index in [1.165, 1.54) is 5.56 Å². The van der Waals surface area contributed by atoms with Crippen molar-refractivity contribution in [3.63, 3.8) is 0 Å². The minimum atomic E-state index is -0.601. The SMILES string of the molecule is C[n+]1ccn(Cc2ccc(CNC(=O)CNC(=O)OC(C)(C)C)cc2)c1. The smallest absolute Gasteiger partial charge is 0.408 e. The maximum Gasteiger partial charge on any atom is 0.408 e. The first-order valence-electron chi connectivity index (χ1n) is 8.54. The molecule has 2 rings (SSSR count). The van der Waals surface area contributed by atoms with Crippen molar-refractivity contribution in [1.29, 1.82) is 0 Å². The molecule has 0 fully saturated rings. The Morgan fingerprint density at radius 3 is 2.35 bits per heavy atom. The lowest BCUT2D eigenvalue weighted by Crippen LogP contribution is -2.39. The minimum absolute atomic E-state index is 0.113. The average molecular weight is 359 g/mol. The molecule has 0 radical (unpaired) electrons. The zero-order chi connectivity index (χ0) is 19.2. The Labute approximate surface area is 154 Å². The van der Waals surface area contributed by atoms with Gasteiger partial charge in [0.2, 0.25) is 12.2 Å². The van der Waals surface area contributed by atoms with E-state index in [2.05, 4.69) is 15.2 Å². The second-order valence-corrected chi connectivity index (χ2v) is 7.20. The van der Waals surface area contributed by atoms with E-state index in [1.807, 2.05) is 54.6 Å². The highest BCUT2D eigenvalue weighted by Crippen LogP contribution is 2.07. The Bertz CT molecular complexity index is 745. The number of ether oxygens (including phenoxy) is 1. The van der Waals surface area contributed by atoms with Crippen molar-refractivity contribution in [2.75, 3.05) is 6.54 Å². The molecule has 26 heavy (non-hydrogen) atoms. The molecule has 0 saturated heterocycles. The molecule has 7 heteroatoms. The molecule has 0 spiro atoms. The first kappa shape index (κ1) is 19.5. The Balaban J connectivity index is 1.73. The van der Waals surface area contributed by atoms with Gasteiger partial charge in [0.1, 0.15) is 31.1 Å². The van der Waals surface area contributed by atoms with Gasteiger partial charge in [-0.15, -0.1) is 0 Å². The van der Waals surface area contributed by atoms with Crippen molar-refractivity contribution < 1.29 is 18.9 Å². The zero-order valence-electron chi connectivity index (χ0n) is 15.8. The highest BCUT2D eigenvalue weighted by atomic mass is 16.6. The number of hydrogen-bond donors (Lipinski definition) is 2. The van der Waals surface area contributed by atoms with Crippen molar-refractivity contribution in [1.82, 2.24) is 15.2 Å². The van der Waals surface area contributed by atoms with Crippen LogP contribution < -0.4 is 15.2 Å². The van der Waals surface area contributed by atoms with Gasteiger partial charge in [0.05, 0.1) is 7.05 Å². The van der Waals surface area contributed by atoms with Crippen LogP contribution in [0.5, 0.6) is 0 Å². The number of nitrogens with one attached hydrogen (secondary N) is 2. The van der Waals surface area contributed by atoms with E-state index >= 15 is 0 Å². The number of aromatic nitrogens is 2. The second-order valence-electron chi connectivity index (χ2n) is 7.20. The molecule has 1 aromatic heterocycles. The molecule has 0 aliphatic heterocycles. The molecule has 7 nitrogen and oxygen atoms in total. The maximum absolute atomic E-state index is 11.8. The molecular weight excluding hydrogens is 332 g/mol. The number of carbonyl (C=O) groups is 2. The van der Waals surface area contributed by atoms with Gasteiger partial charge >= 0.3 is 6.09 Å². The summed E-state index contributed by atoms with van der Waals surface area (Å²) in [7, 11) is 1.99. The van der Waals surface area contributed by atoms with Gasteiger partial charge in [-0.2, -0.15) is 0 Å². The summed E-state index contributed by atoms with van der Waals surface area (Å²) in [5.41, 5.74) is 1.60. The predicted molar refractivity (Wildman–Crippen MR) is 97.2 cm³/mol. The fraction of sp³-hybridized carbons (Fsp3) is 0.421. The van der Waals surface area contributed by atoms with Gasteiger partial charge in [0, 0.05) is 6.54 Å². The van der Waals surface area contributed by atoms with Gasteiger partial charge in [0.15, 0.2) is 0 Å². The van der Waals surface area contributed by atoms with E-state index < -0.39 is 11.7 Å². The van der Waals surface area contributed by atoms with Crippen LogP contribution in [0.15, 0.2) is 43.0 Å². The molecular formula is C19H27N4O3+. The largest absolute Gasteiger partial charge is 0.444 e. The van der Waals surface area contributed by atoms with Crippen LogP contribution in [0.2, 0.25) is 0 Å². The van der Waals surface area contributed by atoms with E-state index in [4.69, 9.17) is 4.74 Å². The summed E-state index contributed by atoms with van der Waals surface area (Å²) >= 11 is 0. The number of aryl methyl sites for hydroxylation is 1. The fourth-order valence-electron chi connectivity index (χ4n) is 2.30. The zero-order valence-corrected chi connectivity index (χ0v) is 15.8. The summed E-state index contributed by atoms with van der Waals surface area (Å²) in [5, 5.41) is 5.21. The number of carbonyl (C=O) groups excluding carboxylic acids is 2. The van der Waals surface area contributed by atoms with Gasteiger partial charge in [-0.25, -0.2) is 13.9 Å². The van der Waals surface area contributed by atoms with E-state index in [-0.39, 0.29) is 12.5 Å². The standard InChI is InChI=1S/C19H26N4O3/c1-19(2,3)26-18(25)21-12-17(24)20-11-15-5-7-16(8-6-15)13-23-10-9-22(4)14-23/h5-10,14H,11-13H2,1-4H3,(H-,20,21,24,25)/p+1. The van der Waals surface area contributed by atoms with Crippen molar-refractivity contribution in [3.8, 4) is 0 Å². The number of rotatable bonds is 6. The van der Waals surface area contributed by atoms with Crippen LogP contribution in [-0.4, -0.2) is 28.7 Å². The number of amides is 2. The van der Waals surface area contributed by atoms with Crippen molar-refractivity contribution in [2.24, 2.45) is 7.05 Å². The third-order valence-corrected chi connectivity index (χ3v) is 3.49. The van der Waals surface area contributed by atoms with Crippen LogP contribution >= 0.6 is 0 Å². The normalized spacial score (nSPS) is 11.1. The first-order chi connectivity index (χ1) is 12.2. The Kier molecular flexibility index (Phi) is 6.38. The van der Waals surface area contributed by atoms with Crippen molar-refractivity contribution >= 4 is 12.0 Å². The lowest BCUT2D eigenvalue weighted by atomic mass is 10.1. The number of nitrogens with zero attached hydrogens (tertiary/aromatic N) is 2. The van der Waals surface area contributed by atoms with Crippen LogP contribution in [0, 0.1) is 0 Å². The molecule has 0 unspecified atom stereocenters. The molecule has 2 N–H and O–H groups in total. The van der Waals surface area contributed by atoms with E-state index in [9.17, 15) is 9.59 Å². The van der Waals surface area contributed by atoms with Crippen LogP contribution in [-0.2, 0) is 29.7 Å². The van der Waals surface area contributed by atoms with Crippen LogP contribution in [0.3, 0.4) is 0 Å². The number of hydrogen-bond acceptors (Lipinski definition) is 3. The predicted octanol–water partition coefficient (Wildman–Crippen LogP) is 1.50. The lowest BCUT2D eigenvalue weighted by molar-refractivity contribution is -0.671. The number of imidazole rings is 1. The topological polar surface area (TPSA) is 76.2 Å². The molecule has 2 amide bonds. The third kappa shape index (κ3) is 6.96. The summed E-state index contributed by atoms with van der Waals surface area (Å²) in [6, 6.07) is 8.06. The summed E-state index contributed by atoms with van der Waals surface area (Å²) in [5.74, 6) is -0.264. The van der Waals surface area contributed by atoms with Crippen LogP contribution in [0.25, 0.3) is 0 Å². The van der Waals surface area contributed by atoms with Crippen LogP contribution in [0.4, 0.5) is 4.79 Å². The highest BCUT2D eigenvalue weighted by Gasteiger charge is 2.16. The van der Waals surface area contributed by atoms with E-state index in [1.54, 1.807) is 20.8 Å². The van der Waals surface area contributed by atoms with E-state index in [0.29, 0.717) is 6.54 Å². The summed E-state index contributed by atoms with van der Waals surface area (Å²) in [6.45, 7) is 6.41. The molecule has 1 heterocycles. The van der Waals surface area contributed by atoms with Gasteiger partial charge in [-0.3, -0.25) is 4.79 Å². The molecule has 0 saturated carbocycles. The van der Waals surface area contributed by atoms with Gasteiger partial charge in [-0.1, -0.05) is 24.3 Å². The summed E-state index contributed by atoms with van der Waals surface area (Å²) in [6.07, 6.45) is 5.43. The summed E-state index contributed by atoms with van der Waals surface area (Å²) < 4.78 is 9.17. The molecule has 0 atom stereocenters. The quantitative estimate of drug-likeness (QED) is 0.768. The Hall–Kier alpha value is -2.83. The third-order valence-electron chi connectivity index (χ3n) is 3.49. The van der Waals surface area contributed by atoms with Crippen molar-refractivity contribution in [2.45, 2.75) is 39.5 Å². The monoisotopic (exact) mass is 359 g/mol. The van der Waals surface area contributed by atoms with Gasteiger partial charge in [0.25, 0.3) is 0 Å². The molecule has 2 aromatic rings. The van der Waals surface area contributed by atoms with Gasteiger partial charge < -0.3 is 15.4 Å². The summed E-state index contributed by atoms with van der Waals surface area (Å²) in [4.78, 5) is 23.3. The second kappa shape index (κ2) is 8.51. The number of benzene rings is 1. The molecule has 0 aliphatic carbocycles. The maximum atomic E-state index is 11.8. The minimum Gasteiger partial charge on any atom is -0.444 e. The Morgan fingerprint density at radius 2 is 1.77 bits per heavy atom. The average Bonchev–Trinajstić information content (AvgIpc) is 2.95. The molecule has 0 aliphatic rings. The molecule has 1 aromatic carbocycles. The Morgan fingerprint density at radius 1 is 1.12 bits per heavy atom. The van der Waals surface area contributed by atoms with Crippen molar-refractivity contribution in [3.05, 3.63) is 54.1 Å². The van der Waals surface area contributed by atoms with Gasteiger partial charge in [-0.05, 0) is 31.9 Å². The van der Waals surface area contributed by atoms with Crippen LogP contribution in [0.1, 0.15) is 31.9 Å². The lowest BCUT2D eigenvalue weighted by Gasteiger charge is -2.19. The fourth-order valence-corrected chi connectivity index (χ4v) is 2.30. The first-order valence-corrected chi connectivity index (χ1v) is 8.54. The van der Waals surface area contributed by atoms with E-state index in [0.717, 1.165) is 12.1 Å². The highest BCUT2D eigenvalue weighted by molar-refractivity contribution is 5.82. The molecule has 140 valence electrons.